The molecule has 0 saturated heterocycles. The Labute approximate surface area is 139 Å². The van der Waals surface area contributed by atoms with Crippen molar-refractivity contribution in [3.63, 3.8) is 0 Å². The minimum atomic E-state index is -0.801. The van der Waals surface area contributed by atoms with Gasteiger partial charge in [-0.05, 0) is 32.4 Å². The molecule has 0 aromatic carbocycles. The van der Waals surface area contributed by atoms with Crippen LogP contribution in [0.5, 0.6) is 0 Å². The number of esters is 1. The zero-order valence-corrected chi connectivity index (χ0v) is 14.3. The van der Waals surface area contributed by atoms with Gasteiger partial charge < -0.3 is 15.2 Å². The van der Waals surface area contributed by atoms with E-state index >= 15 is 0 Å². The molecule has 0 rings (SSSR count). The molecule has 0 aliphatic rings. The lowest BCUT2D eigenvalue weighted by Crippen LogP contribution is -2.19. The first kappa shape index (κ1) is 21.6. The summed E-state index contributed by atoms with van der Waals surface area (Å²) < 4.78 is 4.95. The average Bonchev–Trinajstić information content (AvgIpc) is 2.51. The smallest absolute Gasteiger partial charge is 0.306 e. The molecule has 2 N–H and O–H groups in total. The molecular weight excluding hydrogens is 298 g/mol. The van der Waals surface area contributed by atoms with Crippen LogP contribution in [0, 0.1) is 0 Å². The van der Waals surface area contributed by atoms with Crippen molar-refractivity contribution in [2.45, 2.75) is 71.1 Å². The first-order valence-corrected chi connectivity index (χ1v) is 8.66. The fourth-order valence-electron chi connectivity index (χ4n) is 2.08. The van der Waals surface area contributed by atoms with Crippen molar-refractivity contribution in [2.24, 2.45) is 0 Å². The van der Waals surface area contributed by atoms with E-state index in [4.69, 9.17) is 9.84 Å². The van der Waals surface area contributed by atoms with E-state index in [1.807, 2.05) is 0 Å². The Morgan fingerprint density at radius 2 is 1.52 bits per heavy atom. The van der Waals surface area contributed by atoms with Gasteiger partial charge in [0.1, 0.15) is 6.61 Å². The van der Waals surface area contributed by atoms with Crippen LogP contribution >= 0.6 is 0 Å². The number of hydrogen-bond acceptors (Lipinski definition) is 5. The van der Waals surface area contributed by atoms with Crippen LogP contribution in [-0.4, -0.2) is 42.5 Å². The Morgan fingerprint density at radius 1 is 0.870 bits per heavy atom. The van der Waals surface area contributed by atoms with Crippen molar-refractivity contribution in [3.8, 4) is 0 Å². The Kier molecular flexibility index (Phi) is 14.5. The van der Waals surface area contributed by atoms with E-state index in [1.54, 1.807) is 0 Å². The van der Waals surface area contributed by atoms with Gasteiger partial charge in [0.05, 0.1) is 0 Å². The van der Waals surface area contributed by atoms with E-state index in [0.29, 0.717) is 32.4 Å². The summed E-state index contributed by atoms with van der Waals surface area (Å²) in [5.74, 6) is -1.16. The van der Waals surface area contributed by atoms with Gasteiger partial charge in [-0.1, -0.05) is 32.6 Å². The second-order valence-electron chi connectivity index (χ2n) is 5.71. The van der Waals surface area contributed by atoms with Crippen molar-refractivity contribution < 1.29 is 24.2 Å². The number of carbonyl (C=O) groups is 3. The molecule has 0 bridgehead atoms. The molecule has 6 nitrogen and oxygen atoms in total. The van der Waals surface area contributed by atoms with Gasteiger partial charge in [-0.3, -0.25) is 14.4 Å². The molecule has 0 atom stereocenters. The van der Waals surface area contributed by atoms with Crippen LogP contribution in [0.4, 0.5) is 0 Å². The Balaban J connectivity index is 3.38. The number of nitrogens with one attached hydrogen (secondary N) is 1. The SMILES string of the molecule is CCCCCCCC(=O)COC(=O)CCCNCCCC(=O)O. The standard InChI is InChI=1S/C17H31NO5/c1-2-3-4-5-6-9-15(19)14-23-17(22)11-8-13-18-12-7-10-16(20)21/h18H,2-14H2,1H3,(H,20,21). The van der Waals surface area contributed by atoms with Gasteiger partial charge in [0.2, 0.25) is 0 Å². The summed E-state index contributed by atoms with van der Waals surface area (Å²) in [4.78, 5) is 33.3. The Bertz CT molecular complexity index is 344. The van der Waals surface area contributed by atoms with Crippen molar-refractivity contribution in [3.05, 3.63) is 0 Å². The summed E-state index contributed by atoms with van der Waals surface area (Å²) in [7, 11) is 0. The zero-order valence-electron chi connectivity index (χ0n) is 14.3. The summed E-state index contributed by atoms with van der Waals surface area (Å²) >= 11 is 0. The molecule has 0 aromatic rings. The van der Waals surface area contributed by atoms with Gasteiger partial charge in [0, 0.05) is 19.3 Å². The number of aliphatic carboxylic acids is 1. The molecule has 0 saturated carbocycles. The minimum Gasteiger partial charge on any atom is -0.481 e. The number of rotatable bonds is 16. The maximum Gasteiger partial charge on any atom is 0.306 e. The van der Waals surface area contributed by atoms with Crippen LogP contribution in [0.1, 0.15) is 71.1 Å². The molecule has 0 radical (unpaired) electrons. The minimum absolute atomic E-state index is 0.0124. The normalized spacial score (nSPS) is 10.5. The molecule has 6 heteroatoms. The third-order valence-electron chi connectivity index (χ3n) is 3.43. The third kappa shape index (κ3) is 16.8. The van der Waals surface area contributed by atoms with Crippen molar-refractivity contribution in [2.75, 3.05) is 19.7 Å². The van der Waals surface area contributed by atoms with E-state index in [-0.39, 0.29) is 31.2 Å². The molecule has 0 aliphatic carbocycles. The number of carboxylic acids is 1. The van der Waals surface area contributed by atoms with E-state index in [1.165, 1.54) is 12.8 Å². The van der Waals surface area contributed by atoms with Crippen LogP contribution < -0.4 is 5.32 Å². The lowest BCUT2D eigenvalue weighted by atomic mass is 10.1. The quantitative estimate of drug-likeness (QED) is 0.334. The number of unbranched alkanes of at least 4 members (excludes halogenated alkanes) is 4. The monoisotopic (exact) mass is 329 g/mol. The maximum atomic E-state index is 11.5. The molecule has 134 valence electrons. The first-order chi connectivity index (χ1) is 11.1. The Morgan fingerprint density at radius 3 is 2.17 bits per heavy atom. The summed E-state index contributed by atoms with van der Waals surface area (Å²) in [6, 6.07) is 0. The molecule has 0 unspecified atom stereocenters. The highest BCUT2D eigenvalue weighted by molar-refractivity contribution is 5.82. The molecule has 0 aromatic heterocycles. The van der Waals surface area contributed by atoms with Gasteiger partial charge in [0.15, 0.2) is 5.78 Å². The number of hydrogen-bond donors (Lipinski definition) is 2. The molecular formula is C17H31NO5. The van der Waals surface area contributed by atoms with E-state index in [0.717, 1.165) is 19.3 Å². The van der Waals surface area contributed by atoms with Crippen molar-refractivity contribution >= 4 is 17.7 Å². The van der Waals surface area contributed by atoms with Crippen LogP contribution in [-0.2, 0) is 19.1 Å². The van der Waals surface area contributed by atoms with Gasteiger partial charge in [0.25, 0.3) is 0 Å². The molecule has 23 heavy (non-hydrogen) atoms. The highest BCUT2D eigenvalue weighted by atomic mass is 16.5. The molecule has 0 heterocycles. The summed E-state index contributed by atoms with van der Waals surface area (Å²) in [5, 5.41) is 11.5. The predicted molar refractivity (Wildman–Crippen MR) is 88.3 cm³/mol. The fraction of sp³-hybridized carbons (Fsp3) is 0.824. The lowest BCUT2D eigenvalue weighted by molar-refractivity contribution is -0.148. The second-order valence-corrected chi connectivity index (χ2v) is 5.71. The first-order valence-electron chi connectivity index (χ1n) is 8.66. The molecule has 0 amide bonds. The van der Waals surface area contributed by atoms with Crippen LogP contribution in [0.15, 0.2) is 0 Å². The number of carboxylic acid groups (broad SMARTS) is 1. The van der Waals surface area contributed by atoms with Crippen LogP contribution in [0.2, 0.25) is 0 Å². The third-order valence-corrected chi connectivity index (χ3v) is 3.43. The maximum absolute atomic E-state index is 11.5. The lowest BCUT2D eigenvalue weighted by Gasteiger charge is -2.05. The fourth-order valence-corrected chi connectivity index (χ4v) is 2.08. The molecule has 0 aliphatic heterocycles. The van der Waals surface area contributed by atoms with E-state index in [2.05, 4.69) is 12.2 Å². The Hall–Kier alpha value is -1.43. The van der Waals surface area contributed by atoms with E-state index in [9.17, 15) is 14.4 Å². The summed E-state index contributed by atoms with van der Waals surface area (Å²) in [6.45, 7) is 3.30. The predicted octanol–water partition coefficient (Wildman–Crippen LogP) is 2.69. The van der Waals surface area contributed by atoms with Crippen LogP contribution in [0.25, 0.3) is 0 Å². The van der Waals surface area contributed by atoms with Gasteiger partial charge in [-0.25, -0.2) is 0 Å². The molecule has 0 fully saturated rings. The highest BCUT2D eigenvalue weighted by Crippen LogP contribution is 2.05. The topological polar surface area (TPSA) is 92.7 Å². The number of ether oxygens (including phenoxy) is 1. The largest absolute Gasteiger partial charge is 0.481 e. The van der Waals surface area contributed by atoms with E-state index < -0.39 is 5.97 Å². The molecule has 0 spiro atoms. The number of ketones is 1. The summed E-state index contributed by atoms with van der Waals surface area (Å²) in [5.41, 5.74) is 0. The zero-order chi connectivity index (χ0) is 17.3. The van der Waals surface area contributed by atoms with Crippen molar-refractivity contribution in [1.82, 2.24) is 5.32 Å². The van der Waals surface area contributed by atoms with Gasteiger partial charge in [-0.2, -0.15) is 0 Å². The number of carbonyl (C=O) groups excluding carboxylic acids is 2. The van der Waals surface area contributed by atoms with Gasteiger partial charge >= 0.3 is 11.9 Å². The van der Waals surface area contributed by atoms with Crippen LogP contribution in [0.3, 0.4) is 0 Å². The number of Topliss-reactive ketones (excluding diaryl/α,β-unsaturated/α-hetero) is 1. The average molecular weight is 329 g/mol. The summed E-state index contributed by atoms with van der Waals surface area (Å²) in [6.07, 6.45) is 7.57. The van der Waals surface area contributed by atoms with Crippen molar-refractivity contribution in [1.29, 1.82) is 0 Å². The second kappa shape index (κ2) is 15.5. The van der Waals surface area contributed by atoms with Gasteiger partial charge in [-0.15, -0.1) is 0 Å². The highest BCUT2D eigenvalue weighted by Gasteiger charge is 2.07.